The Bertz CT molecular complexity index is 461. The van der Waals surface area contributed by atoms with Crippen LogP contribution in [0.3, 0.4) is 0 Å². The first-order chi connectivity index (χ1) is 9.66. The van der Waals surface area contributed by atoms with E-state index in [9.17, 15) is 14.7 Å². The van der Waals surface area contributed by atoms with Crippen molar-refractivity contribution in [1.82, 2.24) is 10.3 Å². The molecule has 1 aliphatic rings. The van der Waals surface area contributed by atoms with E-state index in [0.717, 1.165) is 31.2 Å². The van der Waals surface area contributed by atoms with Crippen LogP contribution in [0.5, 0.6) is 0 Å². The fourth-order valence-corrected chi connectivity index (χ4v) is 2.77. The lowest BCUT2D eigenvalue weighted by Gasteiger charge is -2.28. The number of amides is 1. The molecule has 2 atom stereocenters. The van der Waals surface area contributed by atoms with Gasteiger partial charge in [0.25, 0.3) is 0 Å². The first-order valence-electron chi connectivity index (χ1n) is 7.05. The van der Waals surface area contributed by atoms with Crippen molar-refractivity contribution in [3.8, 4) is 0 Å². The van der Waals surface area contributed by atoms with Gasteiger partial charge in [0.05, 0.1) is 12.3 Å². The summed E-state index contributed by atoms with van der Waals surface area (Å²) in [4.78, 5) is 27.0. The topological polar surface area (TPSA) is 79.3 Å². The van der Waals surface area contributed by atoms with Gasteiger partial charge in [-0.05, 0) is 30.4 Å². The molecule has 2 rings (SSSR count). The summed E-state index contributed by atoms with van der Waals surface area (Å²) < 4.78 is 0. The van der Waals surface area contributed by atoms with Crippen molar-refractivity contribution in [2.45, 2.75) is 32.1 Å². The fraction of sp³-hybridized carbons (Fsp3) is 0.533. The number of nitrogens with one attached hydrogen (secondary N) is 1. The van der Waals surface area contributed by atoms with Gasteiger partial charge in [-0.25, -0.2) is 0 Å². The maximum atomic E-state index is 11.8. The molecule has 0 radical (unpaired) electrons. The van der Waals surface area contributed by atoms with E-state index >= 15 is 0 Å². The predicted molar refractivity (Wildman–Crippen MR) is 74.0 cm³/mol. The second-order valence-electron chi connectivity index (χ2n) is 5.33. The lowest BCUT2D eigenvalue weighted by atomic mass is 9.79. The summed E-state index contributed by atoms with van der Waals surface area (Å²) in [6, 6.07) is 3.65. The number of carboxylic acids is 1. The number of carboxylic acid groups (broad SMARTS) is 1. The monoisotopic (exact) mass is 276 g/mol. The van der Waals surface area contributed by atoms with Crippen LogP contribution >= 0.6 is 0 Å². The molecule has 5 nitrogen and oxygen atoms in total. The molecule has 0 aliphatic heterocycles. The Morgan fingerprint density at radius 1 is 1.35 bits per heavy atom. The zero-order valence-corrected chi connectivity index (χ0v) is 11.4. The Balaban J connectivity index is 1.81. The highest BCUT2D eigenvalue weighted by molar-refractivity contribution is 5.78. The lowest BCUT2D eigenvalue weighted by Crippen LogP contribution is -2.37. The van der Waals surface area contributed by atoms with Gasteiger partial charge in [-0.1, -0.05) is 18.9 Å². The third-order valence-electron chi connectivity index (χ3n) is 3.88. The number of carbonyl (C=O) groups excluding carboxylic acids is 1. The molecule has 1 heterocycles. The van der Waals surface area contributed by atoms with Crippen LogP contribution in [0.25, 0.3) is 0 Å². The van der Waals surface area contributed by atoms with Crippen LogP contribution in [0, 0.1) is 11.8 Å². The standard InChI is InChI=1S/C15H20N2O3/c18-14(8-11-4-3-7-16-9-11)17-10-12-5-1-2-6-13(12)15(19)20/h3-4,7,9,12-13H,1-2,5-6,8,10H2,(H,17,18)(H,19,20). The van der Waals surface area contributed by atoms with Crippen molar-refractivity contribution >= 4 is 11.9 Å². The van der Waals surface area contributed by atoms with E-state index < -0.39 is 5.97 Å². The van der Waals surface area contributed by atoms with Crippen LogP contribution in [-0.4, -0.2) is 28.5 Å². The van der Waals surface area contributed by atoms with Gasteiger partial charge in [0.15, 0.2) is 0 Å². The van der Waals surface area contributed by atoms with Gasteiger partial charge in [-0.15, -0.1) is 0 Å². The number of rotatable bonds is 5. The zero-order valence-electron chi connectivity index (χ0n) is 11.4. The number of hydrogen-bond donors (Lipinski definition) is 2. The third-order valence-corrected chi connectivity index (χ3v) is 3.88. The maximum absolute atomic E-state index is 11.8. The summed E-state index contributed by atoms with van der Waals surface area (Å²) in [5.41, 5.74) is 0.864. The second kappa shape index (κ2) is 7.03. The Hall–Kier alpha value is -1.91. The predicted octanol–water partition coefficient (Wildman–Crippen LogP) is 1.63. The molecule has 1 saturated carbocycles. The number of nitrogens with zero attached hydrogens (tertiary/aromatic N) is 1. The molecule has 108 valence electrons. The average molecular weight is 276 g/mol. The smallest absolute Gasteiger partial charge is 0.306 e. The summed E-state index contributed by atoms with van der Waals surface area (Å²) >= 11 is 0. The second-order valence-corrected chi connectivity index (χ2v) is 5.33. The quantitative estimate of drug-likeness (QED) is 0.856. The van der Waals surface area contributed by atoms with E-state index in [2.05, 4.69) is 10.3 Å². The molecule has 1 aromatic rings. The Kier molecular flexibility index (Phi) is 5.09. The first-order valence-corrected chi connectivity index (χ1v) is 7.05. The van der Waals surface area contributed by atoms with Crippen molar-refractivity contribution in [2.75, 3.05) is 6.54 Å². The highest BCUT2D eigenvalue weighted by atomic mass is 16.4. The summed E-state index contributed by atoms with van der Waals surface area (Å²) in [6.07, 6.45) is 7.24. The van der Waals surface area contributed by atoms with E-state index in [1.54, 1.807) is 18.5 Å². The molecule has 1 aromatic heterocycles. The summed E-state index contributed by atoms with van der Waals surface area (Å²) in [6.45, 7) is 0.454. The molecule has 1 amide bonds. The molecule has 0 aromatic carbocycles. The van der Waals surface area contributed by atoms with Crippen LogP contribution in [-0.2, 0) is 16.0 Å². The fourth-order valence-electron chi connectivity index (χ4n) is 2.77. The Morgan fingerprint density at radius 3 is 2.85 bits per heavy atom. The van der Waals surface area contributed by atoms with E-state index in [1.165, 1.54) is 0 Å². The van der Waals surface area contributed by atoms with Gasteiger partial charge in [0.2, 0.25) is 5.91 Å². The van der Waals surface area contributed by atoms with E-state index in [-0.39, 0.29) is 24.2 Å². The first kappa shape index (κ1) is 14.5. The number of hydrogen-bond acceptors (Lipinski definition) is 3. The minimum atomic E-state index is -0.740. The Labute approximate surface area is 118 Å². The third kappa shape index (κ3) is 4.05. The average Bonchev–Trinajstić information content (AvgIpc) is 2.46. The van der Waals surface area contributed by atoms with Gasteiger partial charge in [0.1, 0.15) is 0 Å². The number of aromatic nitrogens is 1. The molecule has 20 heavy (non-hydrogen) atoms. The van der Waals surface area contributed by atoms with Crippen molar-refractivity contribution in [1.29, 1.82) is 0 Å². The number of carbonyl (C=O) groups is 2. The van der Waals surface area contributed by atoms with Crippen LogP contribution in [0.15, 0.2) is 24.5 Å². The van der Waals surface area contributed by atoms with E-state index in [1.807, 2.05) is 6.07 Å². The molecule has 2 unspecified atom stereocenters. The van der Waals surface area contributed by atoms with Crippen molar-refractivity contribution in [3.05, 3.63) is 30.1 Å². The van der Waals surface area contributed by atoms with Gasteiger partial charge >= 0.3 is 5.97 Å². The maximum Gasteiger partial charge on any atom is 0.306 e. The molecule has 0 bridgehead atoms. The van der Waals surface area contributed by atoms with Crippen LogP contribution < -0.4 is 5.32 Å². The highest BCUT2D eigenvalue weighted by Gasteiger charge is 2.30. The van der Waals surface area contributed by atoms with E-state index in [0.29, 0.717) is 6.54 Å². The van der Waals surface area contributed by atoms with Crippen LogP contribution in [0.2, 0.25) is 0 Å². The van der Waals surface area contributed by atoms with Crippen molar-refractivity contribution in [3.63, 3.8) is 0 Å². The zero-order chi connectivity index (χ0) is 14.4. The van der Waals surface area contributed by atoms with Crippen LogP contribution in [0.1, 0.15) is 31.2 Å². The summed E-state index contributed by atoms with van der Waals surface area (Å²) in [7, 11) is 0. The number of pyridine rings is 1. The Morgan fingerprint density at radius 2 is 2.15 bits per heavy atom. The molecule has 0 saturated heterocycles. The molecular formula is C15H20N2O3. The van der Waals surface area contributed by atoms with Gasteiger partial charge < -0.3 is 10.4 Å². The van der Waals surface area contributed by atoms with Crippen molar-refractivity contribution in [2.24, 2.45) is 11.8 Å². The molecule has 1 fully saturated rings. The van der Waals surface area contributed by atoms with Crippen LogP contribution in [0.4, 0.5) is 0 Å². The SMILES string of the molecule is O=C(Cc1cccnc1)NCC1CCCCC1C(=O)O. The molecular weight excluding hydrogens is 256 g/mol. The molecule has 1 aliphatic carbocycles. The van der Waals surface area contributed by atoms with Gasteiger partial charge in [-0.3, -0.25) is 14.6 Å². The largest absolute Gasteiger partial charge is 0.481 e. The van der Waals surface area contributed by atoms with E-state index in [4.69, 9.17) is 0 Å². The lowest BCUT2D eigenvalue weighted by molar-refractivity contribution is -0.145. The van der Waals surface area contributed by atoms with Gasteiger partial charge in [0, 0.05) is 18.9 Å². The highest BCUT2D eigenvalue weighted by Crippen LogP contribution is 2.29. The number of aliphatic carboxylic acids is 1. The summed E-state index contributed by atoms with van der Waals surface area (Å²) in [5, 5.41) is 12.0. The summed E-state index contributed by atoms with van der Waals surface area (Å²) in [5.74, 6) is -1.08. The molecule has 5 heteroatoms. The molecule has 0 spiro atoms. The minimum Gasteiger partial charge on any atom is -0.481 e. The molecule has 2 N–H and O–H groups in total. The van der Waals surface area contributed by atoms with Gasteiger partial charge in [-0.2, -0.15) is 0 Å². The minimum absolute atomic E-state index is 0.0547. The van der Waals surface area contributed by atoms with Crippen molar-refractivity contribution < 1.29 is 14.7 Å². The normalized spacial score (nSPS) is 22.2.